The number of hydrogen-bond donors (Lipinski definition) is 2. The van der Waals surface area contributed by atoms with Gasteiger partial charge in [-0.3, -0.25) is 0 Å². The number of carbonyl (C=O) groups is 1. The summed E-state index contributed by atoms with van der Waals surface area (Å²) < 4.78 is 5.27. The van der Waals surface area contributed by atoms with Crippen LogP contribution in [0.3, 0.4) is 0 Å². The molecule has 1 heterocycles. The summed E-state index contributed by atoms with van der Waals surface area (Å²) in [5.41, 5.74) is 2.40. The number of carbonyl (C=O) groups excluding carboxylic acids is 1. The largest absolute Gasteiger partial charge is 0.462 e. The number of nitrogens with one attached hydrogen (secondary N) is 2. The van der Waals surface area contributed by atoms with E-state index < -0.39 is 0 Å². The molecule has 0 saturated carbocycles. The lowest BCUT2D eigenvalue weighted by molar-refractivity contribution is -0.139. The summed E-state index contributed by atoms with van der Waals surface area (Å²) in [6.45, 7) is 2.54. The molecule has 0 unspecified atom stereocenters. The fourth-order valence-corrected chi connectivity index (χ4v) is 2.17. The van der Waals surface area contributed by atoms with Crippen LogP contribution in [0.5, 0.6) is 0 Å². The topological polar surface area (TPSA) is 50.4 Å². The second kappa shape index (κ2) is 6.72. The predicted octanol–water partition coefficient (Wildman–Crippen LogP) is 2.18. The molecule has 0 aromatic heterocycles. The first-order valence-corrected chi connectivity index (χ1v) is 7.01. The van der Waals surface area contributed by atoms with Crippen molar-refractivity contribution in [2.45, 2.75) is 13.3 Å². The maximum absolute atomic E-state index is 11.9. The highest BCUT2D eigenvalue weighted by Crippen LogP contribution is 2.11. The van der Waals surface area contributed by atoms with Gasteiger partial charge in [0.2, 0.25) is 0 Å². The molecule has 2 rings (SSSR count). The first-order valence-electron chi connectivity index (χ1n) is 6.22. The summed E-state index contributed by atoms with van der Waals surface area (Å²) in [7, 11) is 0. The normalized spacial score (nSPS) is 14.6. The highest BCUT2D eigenvalue weighted by Gasteiger charge is 2.19. The highest BCUT2D eigenvalue weighted by molar-refractivity contribution is 7.80. The van der Waals surface area contributed by atoms with E-state index in [4.69, 9.17) is 28.6 Å². The van der Waals surface area contributed by atoms with Gasteiger partial charge in [-0.2, -0.15) is 0 Å². The summed E-state index contributed by atoms with van der Waals surface area (Å²) in [6, 6.07) is 7.48. The molecule has 6 heteroatoms. The molecule has 4 nitrogen and oxygen atoms in total. The van der Waals surface area contributed by atoms with E-state index in [1.54, 1.807) is 0 Å². The van der Waals surface area contributed by atoms with Crippen molar-refractivity contribution in [3.63, 3.8) is 0 Å². The third kappa shape index (κ3) is 3.95. The molecule has 1 aliphatic rings. The van der Waals surface area contributed by atoms with Crippen LogP contribution in [0.25, 0.3) is 0 Å². The van der Waals surface area contributed by atoms with Crippen molar-refractivity contribution >= 4 is 34.9 Å². The van der Waals surface area contributed by atoms with E-state index in [1.807, 2.05) is 31.2 Å². The molecule has 0 amide bonds. The van der Waals surface area contributed by atoms with Crippen LogP contribution in [0, 0.1) is 0 Å². The number of rotatable bonds is 4. The molecular weight excluding hydrogens is 296 g/mol. The van der Waals surface area contributed by atoms with E-state index in [1.165, 1.54) is 0 Å². The standard InChI is InChI=1S/C14H15ClN2O2S/c1-9-12(8-16-14(20)17-9)13(18)19-7-6-10-2-4-11(15)5-3-10/h2-5H,6-8H2,1H3,(H2,16,17,20). The van der Waals surface area contributed by atoms with Crippen molar-refractivity contribution in [3.8, 4) is 0 Å². The van der Waals surface area contributed by atoms with E-state index in [-0.39, 0.29) is 5.97 Å². The van der Waals surface area contributed by atoms with E-state index in [0.717, 1.165) is 11.3 Å². The molecule has 20 heavy (non-hydrogen) atoms. The summed E-state index contributed by atoms with van der Waals surface area (Å²) >= 11 is 10.8. The maximum Gasteiger partial charge on any atom is 0.337 e. The van der Waals surface area contributed by atoms with Crippen LogP contribution in [-0.4, -0.2) is 24.2 Å². The Morgan fingerprint density at radius 2 is 2.10 bits per heavy atom. The Morgan fingerprint density at radius 1 is 1.40 bits per heavy atom. The predicted molar refractivity (Wildman–Crippen MR) is 82.6 cm³/mol. The van der Waals surface area contributed by atoms with E-state index in [2.05, 4.69) is 10.6 Å². The number of thiocarbonyl (C=S) groups is 1. The fraction of sp³-hybridized carbons (Fsp3) is 0.286. The van der Waals surface area contributed by atoms with Crippen molar-refractivity contribution in [2.75, 3.05) is 13.2 Å². The Kier molecular flexibility index (Phi) is 4.98. The zero-order chi connectivity index (χ0) is 14.5. The second-order valence-electron chi connectivity index (χ2n) is 4.42. The molecule has 1 aromatic carbocycles. The minimum atomic E-state index is -0.320. The van der Waals surface area contributed by atoms with Crippen molar-refractivity contribution in [3.05, 3.63) is 46.1 Å². The molecule has 0 aliphatic carbocycles. The summed E-state index contributed by atoms with van der Waals surface area (Å²) in [5, 5.41) is 7.04. The molecular formula is C14H15ClN2O2S. The summed E-state index contributed by atoms with van der Waals surface area (Å²) in [6.07, 6.45) is 0.661. The van der Waals surface area contributed by atoms with Gasteiger partial charge >= 0.3 is 5.97 Å². The smallest absolute Gasteiger partial charge is 0.337 e. The van der Waals surface area contributed by atoms with E-state index in [0.29, 0.717) is 35.3 Å². The Morgan fingerprint density at radius 3 is 2.75 bits per heavy atom. The van der Waals surface area contributed by atoms with Gasteiger partial charge in [-0.1, -0.05) is 23.7 Å². The molecule has 0 spiro atoms. The summed E-state index contributed by atoms with van der Waals surface area (Å²) in [5.74, 6) is -0.320. The number of allylic oxidation sites excluding steroid dienone is 1. The Hall–Kier alpha value is -1.59. The molecule has 106 valence electrons. The molecule has 0 saturated heterocycles. The minimum Gasteiger partial charge on any atom is -0.462 e. The lowest BCUT2D eigenvalue weighted by Gasteiger charge is -2.20. The van der Waals surface area contributed by atoms with Gasteiger partial charge in [0.1, 0.15) is 0 Å². The average molecular weight is 311 g/mol. The van der Waals surface area contributed by atoms with Crippen LogP contribution in [0.1, 0.15) is 12.5 Å². The van der Waals surface area contributed by atoms with Gasteiger partial charge in [0.05, 0.1) is 18.7 Å². The van der Waals surface area contributed by atoms with Crippen LogP contribution < -0.4 is 10.6 Å². The van der Waals surface area contributed by atoms with Gasteiger partial charge in [-0.15, -0.1) is 0 Å². The minimum absolute atomic E-state index is 0.320. The zero-order valence-corrected chi connectivity index (χ0v) is 12.6. The monoisotopic (exact) mass is 310 g/mol. The van der Waals surface area contributed by atoms with Gasteiger partial charge in [0.15, 0.2) is 5.11 Å². The number of benzene rings is 1. The quantitative estimate of drug-likeness (QED) is 0.659. The molecule has 0 bridgehead atoms. The van der Waals surface area contributed by atoms with Crippen LogP contribution >= 0.6 is 23.8 Å². The second-order valence-corrected chi connectivity index (χ2v) is 5.27. The molecule has 2 N–H and O–H groups in total. The lowest BCUT2D eigenvalue weighted by Crippen LogP contribution is -2.43. The third-order valence-corrected chi connectivity index (χ3v) is 3.46. The maximum atomic E-state index is 11.9. The van der Waals surface area contributed by atoms with Gasteiger partial charge < -0.3 is 15.4 Å². The van der Waals surface area contributed by atoms with E-state index >= 15 is 0 Å². The third-order valence-electron chi connectivity index (χ3n) is 2.96. The van der Waals surface area contributed by atoms with Gasteiger partial charge in [-0.25, -0.2) is 4.79 Å². The summed E-state index contributed by atoms with van der Waals surface area (Å²) in [4.78, 5) is 11.9. The molecule has 1 aromatic rings. The molecule has 0 atom stereocenters. The number of hydrogen-bond acceptors (Lipinski definition) is 3. The van der Waals surface area contributed by atoms with Crippen molar-refractivity contribution in [2.24, 2.45) is 0 Å². The molecule has 0 radical (unpaired) electrons. The zero-order valence-electron chi connectivity index (χ0n) is 11.0. The molecule has 1 aliphatic heterocycles. The van der Waals surface area contributed by atoms with Crippen LogP contribution in [0.4, 0.5) is 0 Å². The van der Waals surface area contributed by atoms with Gasteiger partial charge in [-0.05, 0) is 36.8 Å². The number of halogens is 1. The van der Waals surface area contributed by atoms with Crippen molar-refractivity contribution in [1.29, 1.82) is 0 Å². The van der Waals surface area contributed by atoms with Crippen molar-refractivity contribution in [1.82, 2.24) is 10.6 Å². The Balaban J connectivity index is 1.85. The fourth-order valence-electron chi connectivity index (χ4n) is 1.82. The molecule has 0 fully saturated rings. The highest BCUT2D eigenvalue weighted by atomic mass is 35.5. The van der Waals surface area contributed by atoms with Gasteiger partial charge in [0.25, 0.3) is 0 Å². The van der Waals surface area contributed by atoms with Crippen molar-refractivity contribution < 1.29 is 9.53 Å². The van der Waals surface area contributed by atoms with Crippen LogP contribution in [0.2, 0.25) is 5.02 Å². The lowest BCUT2D eigenvalue weighted by atomic mass is 10.1. The number of esters is 1. The SMILES string of the molecule is CC1=C(C(=O)OCCc2ccc(Cl)cc2)CNC(=S)N1. The number of ether oxygens (including phenoxy) is 1. The van der Waals surface area contributed by atoms with Crippen LogP contribution in [-0.2, 0) is 16.0 Å². The first-order chi connectivity index (χ1) is 9.56. The average Bonchev–Trinajstić information content (AvgIpc) is 2.41. The van der Waals surface area contributed by atoms with Crippen LogP contribution in [0.15, 0.2) is 35.5 Å². The van der Waals surface area contributed by atoms with E-state index in [9.17, 15) is 4.79 Å². The first kappa shape index (κ1) is 14.8. The Labute approximate surface area is 128 Å². The Bertz CT molecular complexity index is 555. The van der Waals surface area contributed by atoms with Gasteiger partial charge in [0, 0.05) is 17.1 Å².